The van der Waals surface area contributed by atoms with Gasteiger partial charge in [0.05, 0.1) is 16.3 Å². The van der Waals surface area contributed by atoms with Gasteiger partial charge in [-0.05, 0) is 47.7 Å². The van der Waals surface area contributed by atoms with Crippen molar-refractivity contribution in [1.82, 2.24) is 19.2 Å². The summed E-state index contributed by atoms with van der Waals surface area (Å²) in [6.07, 6.45) is 2.68. The van der Waals surface area contributed by atoms with Crippen molar-refractivity contribution in [1.29, 1.82) is 0 Å². The quantitative estimate of drug-likeness (QED) is 0.229. The normalized spacial score (nSPS) is 14.6. The number of nitro groups is 1. The van der Waals surface area contributed by atoms with Crippen molar-refractivity contribution in [2.75, 3.05) is 26.2 Å². The molecule has 202 valence electrons. The van der Waals surface area contributed by atoms with E-state index in [9.17, 15) is 14.9 Å². The average Bonchev–Trinajstić information content (AvgIpc) is 3.25. The zero-order chi connectivity index (χ0) is 27.7. The number of pyridine rings is 1. The maximum atomic E-state index is 12.8. The highest BCUT2D eigenvalue weighted by molar-refractivity contribution is 5.77. The Morgan fingerprint density at radius 2 is 1.64 bits per heavy atom. The van der Waals surface area contributed by atoms with Crippen LogP contribution in [0.1, 0.15) is 38.4 Å². The summed E-state index contributed by atoms with van der Waals surface area (Å²) in [5, 5.41) is 11.2. The van der Waals surface area contributed by atoms with Crippen LogP contribution in [0.3, 0.4) is 0 Å². The molecule has 1 aliphatic heterocycles. The van der Waals surface area contributed by atoms with Crippen molar-refractivity contribution in [3.63, 3.8) is 0 Å². The highest BCUT2D eigenvalue weighted by Crippen LogP contribution is 2.30. The zero-order valence-electron chi connectivity index (χ0n) is 23.1. The Kier molecular flexibility index (Phi) is 7.23. The molecule has 5 rings (SSSR count). The van der Waals surface area contributed by atoms with Gasteiger partial charge in [-0.2, -0.15) is 0 Å². The molecule has 39 heavy (non-hydrogen) atoms. The number of hydrogen-bond donors (Lipinski definition) is 0. The van der Waals surface area contributed by atoms with E-state index in [0.717, 1.165) is 46.8 Å². The van der Waals surface area contributed by atoms with E-state index in [1.807, 2.05) is 11.0 Å². The fourth-order valence-electron chi connectivity index (χ4n) is 5.14. The number of hydrogen-bond acceptors (Lipinski definition) is 5. The molecule has 0 radical (unpaired) electrons. The predicted molar refractivity (Wildman–Crippen MR) is 153 cm³/mol. The first kappa shape index (κ1) is 26.6. The predicted octanol–water partition coefficient (Wildman–Crippen LogP) is 5.97. The van der Waals surface area contributed by atoms with Crippen molar-refractivity contribution in [2.24, 2.45) is 5.41 Å². The number of benzene rings is 2. The standard InChI is InChI=1S/C31H35N5O3/c1-22-6-5-7-24(18-22)25-10-13-28-32-30(23-8-11-26(12-9-23)36(38)39)27(35(28)20-25)21-33-14-16-34(17-15-33)29(37)19-31(2,3)4/h5-13,18,20H,14-17,19,21H2,1-4H3. The van der Waals surface area contributed by atoms with E-state index in [1.165, 1.54) is 17.7 Å². The largest absolute Gasteiger partial charge is 0.340 e. The minimum absolute atomic E-state index is 0.0284. The maximum Gasteiger partial charge on any atom is 0.269 e. The number of piperazine rings is 1. The van der Waals surface area contributed by atoms with Gasteiger partial charge in [0.25, 0.3) is 5.69 Å². The highest BCUT2D eigenvalue weighted by Gasteiger charge is 2.26. The summed E-state index contributed by atoms with van der Waals surface area (Å²) in [6.45, 7) is 12.0. The van der Waals surface area contributed by atoms with Crippen molar-refractivity contribution in [3.05, 3.63) is 88.2 Å². The number of fused-ring (bicyclic) bond motifs is 1. The van der Waals surface area contributed by atoms with Crippen LogP contribution in [0.25, 0.3) is 28.0 Å². The molecule has 2 aromatic carbocycles. The number of rotatable bonds is 6. The van der Waals surface area contributed by atoms with Crippen LogP contribution in [0.5, 0.6) is 0 Å². The summed E-state index contributed by atoms with van der Waals surface area (Å²) < 4.78 is 2.14. The molecule has 1 fully saturated rings. The number of imidazole rings is 1. The minimum Gasteiger partial charge on any atom is -0.340 e. The molecule has 0 N–H and O–H groups in total. The van der Waals surface area contributed by atoms with E-state index in [4.69, 9.17) is 4.98 Å². The number of nitrogens with zero attached hydrogens (tertiary/aromatic N) is 5. The molecule has 8 nitrogen and oxygen atoms in total. The molecular formula is C31H35N5O3. The number of non-ortho nitro benzene ring substituents is 1. The monoisotopic (exact) mass is 525 g/mol. The third-order valence-electron chi connectivity index (χ3n) is 7.20. The summed E-state index contributed by atoms with van der Waals surface area (Å²) >= 11 is 0. The molecule has 0 bridgehead atoms. The molecule has 3 heterocycles. The number of aromatic nitrogens is 2. The molecule has 0 saturated carbocycles. The number of aryl methyl sites for hydroxylation is 1. The summed E-state index contributed by atoms with van der Waals surface area (Å²) in [4.78, 5) is 32.9. The van der Waals surface area contributed by atoms with E-state index in [1.54, 1.807) is 12.1 Å². The zero-order valence-corrected chi connectivity index (χ0v) is 23.1. The van der Waals surface area contributed by atoms with E-state index < -0.39 is 0 Å². The fourth-order valence-corrected chi connectivity index (χ4v) is 5.14. The molecule has 1 saturated heterocycles. The average molecular weight is 526 g/mol. The first-order valence-electron chi connectivity index (χ1n) is 13.4. The summed E-state index contributed by atoms with van der Waals surface area (Å²) in [5.74, 6) is 0.214. The van der Waals surface area contributed by atoms with Gasteiger partial charge in [0.15, 0.2) is 0 Å². The SMILES string of the molecule is Cc1cccc(-c2ccc3nc(-c4ccc([N+](=O)[O-])cc4)c(CN4CCN(C(=O)CC(C)(C)C)CC4)n3c2)c1. The van der Waals surface area contributed by atoms with E-state index in [0.29, 0.717) is 26.1 Å². The lowest BCUT2D eigenvalue weighted by Crippen LogP contribution is -2.49. The Bertz CT molecular complexity index is 1510. The lowest BCUT2D eigenvalue weighted by atomic mass is 9.91. The molecule has 1 aliphatic rings. The first-order valence-corrected chi connectivity index (χ1v) is 13.4. The van der Waals surface area contributed by atoms with Crippen LogP contribution >= 0.6 is 0 Å². The van der Waals surface area contributed by atoms with Gasteiger partial charge in [0.1, 0.15) is 5.65 Å². The summed E-state index contributed by atoms with van der Waals surface area (Å²) in [6, 6.07) is 19.1. The smallest absolute Gasteiger partial charge is 0.269 e. The topological polar surface area (TPSA) is 84.0 Å². The van der Waals surface area contributed by atoms with Crippen LogP contribution in [0.4, 0.5) is 5.69 Å². The molecule has 0 aliphatic carbocycles. The highest BCUT2D eigenvalue weighted by atomic mass is 16.6. The Balaban J connectivity index is 1.47. The molecule has 0 spiro atoms. The summed E-state index contributed by atoms with van der Waals surface area (Å²) in [7, 11) is 0. The molecule has 2 aromatic heterocycles. The van der Waals surface area contributed by atoms with Gasteiger partial charge >= 0.3 is 0 Å². The second-order valence-corrected chi connectivity index (χ2v) is 11.6. The Hall–Kier alpha value is -4.04. The Labute approximate surface area is 229 Å². The van der Waals surface area contributed by atoms with Crippen LogP contribution < -0.4 is 0 Å². The van der Waals surface area contributed by atoms with Crippen LogP contribution in [-0.2, 0) is 11.3 Å². The number of carbonyl (C=O) groups is 1. The van der Waals surface area contributed by atoms with Gasteiger partial charge in [-0.3, -0.25) is 19.8 Å². The Morgan fingerprint density at radius 1 is 0.949 bits per heavy atom. The van der Waals surface area contributed by atoms with Gasteiger partial charge in [-0.15, -0.1) is 0 Å². The second-order valence-electron chi connectivity index (χ2n) is 11.6. The van der Waals surface area contributed by atoms with E-state index in [-0.39, 0.29) is 21.9 Å². The maximum absolute atomic E-state index is 12.8. The molecule has 4 aromatic rings. The molecule has 0 unspecified atom stereocenters. The fraction of sp³-hybridized carbons (Fsp3) is 0.355. The Morgan fingerprint density at radius 3 is 2.28 bits per heavy atom. The second kappa shape index (κ2) is 10.6. The van der Waals surface area contributed by atoms with Gasteiger partial charge in [-0.1, -0.05) is 50.6 Å². The van der Waals surface area contributed by atoms with Crippen molar-refractivity contribution in [3.8, 4) is 22.4 Å². The van der Waals surface area contributed by atoms with Crippen molar-refractivity contribution >= 4 is 17.2 Å². The number of carbonyl (C=O) groups excluding carboxylic acids is 1. The van der Waals surface area contributed by atoms with Crippen LogP contribution in [0.15, 0.2) is 66.9 Å². The van der Waals surface area contributed by atoms with Crippen LogP contribution in [0.2, 0.25) is 0 Å². The van der Waals surface area contributed by atoms with Crippen LogP contribution in [0, 0.1) is 22.5 Å². The molecule has 0 atom stereocenters. The van der Waals surface area contributed by atoms with Crippen molar-refractivity contribution < 1.29 is 9.72 Å². The number of nitro benzene ring substituents is 1. The number of amides is 1. The molecule has 1 amide bonds. The van der Waals surface area contributed by atoms with Crippen LogP contribution in [-0.4, -0.2) is 56.2 Å². The van der Waals surface area contributed by atoms with Gasteiger partial charge in [0, 0.05) is 63.0 Å². The lowest BCUT2D eigenvalue weighted by molar-refractivity contribution is -0.384. The summed E-state index contributed by atoms with van der Waals surface area (Å²) in [5.41, 5.74) is 6.98. The third kappa shape index (κ3) is 6.01. The van der Waals surface area contributed by atoms with E-state index in [2.05, 4.69) is 73.5 Å². The van der Waals surface area contributed by atoms with E-state index >= 15 is 0 Å². The third-order valence-corrected chi connectivity index (χ3v) is 7.20. The molecular weight excluding hydrogens is 490 g/mol. The lowest BCUT2D eigenvalue weighted by Gasteiger charge is -2.36. The molecule has 8 heteroatoms. The van der Waals surface area contributed by atoms with Crippen molar-refractivity contribution in [2.45, 2.75) is 40.7 Å². The van der Waals surface area contributed by atoms with Gasteiger partial charge in [-0.25, -0.2) is 4.98 Å². The minimum atomic E-state index is -0.386. The van der Waals surface area contributed by atoms with Gasteiger partial charge in [0.2, 0.25) is 5.91 Å². The first-order chi connectivity index (χ1) is 18.6. The van der Waals surface area contributed by atoms with Gasteiger partial charge < -0.3 is 9.30 Å².